The molecule has 1 aliphatic carbocycles. The zero-order valence-corrected chi connectivity index (χ0v) is 11.3. The molecule has 4 heteroatoms. The molecule has 0 amide bonds. The molecular weight excluding hydrogens is 236 g/mol. The van der Waals surface area contributed by atoms with Crippen LogP contribution in [0, 0.1) is 17.2 Å². The molecule has 0 N–H and O–H groups in total. The van der Waals surface area contributed by atoms with E-state index in [2.05, 4.69) is 20.9 Å². The van der Waals surface area contributed by atoms with Crippen molar-refractivity contribution in [3.63, 3.8) is 0 Å². The minimum atomic E-state index is 0.131. The Hall–Kier alpha value is -1.63. The topological polar surface area (TPSA) is 52.8 Å². The third-order valence-corrected chi connectivity index (χ3v) is 4.37. The summed E-state index contributed by atoms with van der Waals surface area (Å²) in [5.41, 5.74) is 1.29. The number of rotatable bonds is 2. The van der Waals surface area contributed by atoms with E-state index in [0.717, 1.165) is 31.9 Å². The average Bonchev–Trinajstić information content (AvgIpc) is 3.02. The van der Waals surface area contributed by atoms with Crippen molar-refractivity contribution in [2.45, 2.75) is 44.4 Å². The van der Waals surface area contributed by atoms with Crippen molar-refractivity contribution in [1.29, 1.82) is 5.26 Å². The van der Waals surface area contributed by atoms with E-state index in [1.54, 1.807) is 0 Å². The third kappa shape index (κ3) is 2.70. The van der Waals surface area contributed by atoms with Crippen molar-refractivity contribution >= 4 is 5.95 Å². The molecule has 1 aliphatic heterocycles. The predicted molar refractivity (Wildman–Crippen MR) is 73.8 cm³/mol. The average molecular weight is 256 g/mol. The molecule has 2 aliphatic rings. The summed E-state index contributed by atoms with van der Waals surface area (Å²) in [5.74, 6) is 1.59. The molecule has 0 bridgehead atoms. The summed E-state index contributed by atoms with van der Waals surface area (Å²) in [7, 11) is 0. The van der Waals surface area contributed by atoms with E-state index in [4.69, 9.17) is 5.26 Å². The van der Waals surface area contributed by atoms with Crippen LogP contribution >= 0.6 is 0 Å². The number of aromatic nitrogens is 2. The smallest absolute Gasteiger partial charge is 0.225 e. The zero-order valence-electron chi connectivity index (χ0n) is 11.3. The number of nitrogens with zero attached hydrogens (tertiary/aromatic N) is 4. The van der Waals surface area contributed by atoms with Crippen LogP contribution in [0.1, 0.15) is 50.0 Å². The van der Waals surface area contributed by atoms with Crippen LogP contribution in [0.15, 0.2) is 12.4 Å². The van der Waals surface area contributed by atoms with Crippen molar-refractivity contribution in [3.8, 4) is 6.07 Å². The quantitative estimate of drug-likeness (QED) is 0.816. The van der Waals surface area contributed by atoms with E-state index in [-0.39, 0.29) is 5.92 Å². The molecule has 100 valence electrons. The van der Waals surface area contributed by atoms with Gasteiger partial charge < -0.3 is 4.90 Å². The lowest BCUT2D eigenvalue weighted by molar-refractivity contribution is 0.487. The molecule has 1 unspecified atom stereocenters. The lowest BCUT2D eigenvalue weighted by Crippen LogP contribution is -2.36. The first kappa shape index (κ1) is 12.4. The fraction of sp³-hybridized carbons (Fsp3) is 0.667. The van der Waals surface area contributed by atoms with Gasteiger partial charge in [-0.3, -0.25) is 0 Å². The number of hydrogen-bond acceptors (Lipinski definition) is 4. The highest BCUT2D eigenvalue weighted by Crippen LogP contribution is 2.33. The Morgan fingerprint density at radius 1 is 1.11 bits per heavy atom. The molecule has 2 heterocycles. The lowest BCUT2D eigenvalue weighted by atomic mass is 10.00. The molecule has 1 atom stereocenters. The Labute approximate surface area is 114 Å². The molecule has 19 heavy (non-hydrogen) atoms. The van der Waals surface area contributed by atoms with Crippen molar-refractivity contribution in [1.82, 2.24) is 9.97 Å². The van der Waals surface area contributed by atoms with Gasteiger partial charge in [-0.1, -0.05) is 12.8 Å². The van der Waals surface area contributed by atoms with Crippen LogP contribution in [0.4, 0.5) is 5.95 Å². The number of anilines is 1. The Bertz CT molecular complexity index is 456. The highest BCUT2D eigenvalue weighted by molar-refractivity contribution is 5.32. The predicted octanol–water partition coefficient (Wildman–Crippen LogP) is 2.87. The Kier molecular flexibility index (Phi) is 3.63. The van der Waals surface area contributed by atoms with E-state index < -0.39 is 0 Å². The van der Waals surface area contributed by atoms with Crippen LogP contribution in [-0.4, -0.2) is 23.1 Å². The van der Waals surface area contributed by atoms with E-state index in [1.807, 2.05) is 12.4 Å². The van der Waals surface area contributed by atoms with Crippen LogP contribution in [0.3, 0.4) is 0 Å². The summed E-state index contributed by atoms with van der Waals surface area (Å²) in [6.45, 7) is 1.75. The SMILES string of the molecule is N#CC1CCCN(c2ncc(C3CCCC3)cn2)C1. The zero-order chi connectivity index (χ0) is 13.1. The summed E-state index contributed by atoms with van der Waals surface area (Å²) in [6.07, 6.45) is 11.3. The van der Waals surface area contributed by atoms with Crippen molar-refractivity contribution in [2.24, 2.45) is 5.92 Å². The van der Waals surface area contributed by atoms with Crippen molar-refractivity contribution < 1.29 is 0 Å². The highest BCUT2D eigenvalue weighted by atomic mass is 15.2. The molecule has 1 saturated carbocycles. The van der Waals surface area contributed by atoms with Gasteiger partial charge in [0.05, 0.1) is 12.0 Å². The van der Waals surface area contributed by atoms with Crippen LogP contribution in [0.5, 0.6) is 0 Å². The maximum absolute atomic E-state index is 9.03. The van der Waals surface area contributed by atoms with Gasteiger partial charge in [-0.15, -0.1) is 0 Å². The van der Waals surface area contributed by atoms with E-state index >= 15 is 0 Å². The van der Waals surface area contributed by atoms with Crippen LogP contribution in [0.25, 0.3) is 0 Å². The molecule has 3 rings (SSSR count). The standard InChI is InChI=1S/C15H20N4/c16-8-12-4-3-7-19(11-12)15-17-9-14(10-18-15)13-5-1-2-6-13/h9-10,12-13H,1-7,11H2. The van der Waals surface area contributed by atoms with Crippen molar-refractivity contribution in [2.75, 3.05) is 18.0 Å². The fourth-order valence-corrected chi connectivity index (χ4v) is 3.23. The van der Waals surface area contributed by atoms with Gasteiger partial charge in [0, 0.05) is 25.5 Å². The summed E-state index contributed by atoms with van der Waals surface area (Å²) < 4.78 is 0. The van der Waals surface area contributed by atoms with Gasteiger partial charge in [0.25, 0.3) is 0 Å². The van der Waals surface area contributed by atoms with Gasteiger partial charge in [0.15, 0.2) is 0 Å². The second-order valence-corrected chi connectivity index (χ2v) is 5.71. The normalized spacial score (nSPS) is 24.4. The first-order valence-electron chi connectivity index (χ1n) is 7.33. The summed E-state index contributed by atoms with van der Waals surface area (Å²) in [6, 6.07) is 2.36. The Morgan fingerprint density at radius 3 is 2.53 bits per heavy atom. The fourth-order valence-electron chi connectivity index (χ4n) is 3.23. The molecule has 1 saturated heterocycles. The number of piperidine rings is 1. The molecule has 4 nitrogen and oxygen atoms in total. The lowest BCUT2D eigenvalue weighted by Gasteiger charge is -2.29. The molecule has 1 aromatic rings. The van der Waals surface area contributed by atoms with Gasteiger partial charge in [-0.25, -0.2) is 9.97 Å². The molecule has 0 spiro atoms. The molecule has 1 aromatic heterocycles. The highest BCUT2D eigenvalue weighted by Gasteiger charge is 2.22. The molecule has 2 fully saturated rings. The number of nitriles is 1. The third-order valence-electron chi connectivity index (χ3n) is 4.37. The second-order valence-electron chi connectivity index (χ2n) is 5.71. The van der Waals surface area contributed by atoms with Crippen LogP contribution < -0.4 is 4.90 Å². The maximum Gasteiger partial charge on any atom is 0.225 e. The molecular formula is C15H20N4. The van der Waals surface area contributed by atoms with Gasteiger partial charge in [0.1, 0.15) is 0 Å². The minimum Gasteiger partial charge on any atom is -0.340 e. The van der Waals surface area contributed by atoms with Gasteiger partial charge >= 0.3 is 0 Å². The van der Waals surface area contributed by atoms with Crippen LogP contribution in [-0.2, 0) is 0 Å². The summed E-state index contributed by atoms with van der Waals surface area (Å²) in [4.78, 5) is 11.2. The first-order chi connectivity index (χ1) is 9.36. The van der Waals surface area contributed by atoms with Gasteiger partial charge in [0.2, 0.25) is 5.95 Å². The van der Waals surface area contributed by atoms with Gasteiger partial charge in [-0.2, -0.15) is 5.26 Å². The summed E-state index contributed by atoms with van der Waals surface area (Å²) >= 11 is 0. The monoisotopic (exact) mass is 256 g/mol. The molecule has 0 aromatic carbocycles. The van der Waals surface area contributed by atoms with Crippen molar-refractivity contribution in [3.05, 3.63) is 18.0 Å². The van der Waals surface area contributed by atoms with E-state index in [0.29, 0.717) is 5.92 Å². The second kappa shape index (κ2) is 5.56. The molecule has 0 radical (unpaired) electrons. The minimum absolute atomic E-state index is 0.131. The number of hydrogen-bond donors (Lipinski definition) is 0. The Balaban J connectivity index is 1.69. The van der Waals surface area contributed by atoms with Gasteiger partial charge in [-0.05, 0) is 37.2 Å². The maximum atomic E-state index is 9.03. The van der Waals surface area contributed by atoms with E-state index in [9.17, 15) is 0 Å². The largest absolute Gasteiger partial charge is 0.340 e. The first-order valence-corrected chi connectivity index (χ1v) is 7.33. The van der Waals surface area contributed by atoms with Crippen LogP contribution in [0.2, 0.25) is 0 Å². The summed E-state index contributed by atoms with van der Waals surface area (Å²) in [5, 5.41) is 9.03. The van der Waals surface area contributed by atoms with E-state index in [1.165, 1.54) is 31.2 Å². The Morgan fingerprint density at radius 2 is 1.84 bits per heavy atom.